The van der Waals surface area contributed by atoms with Gasteiger partial charge in [0.05, 0.1) is 4.88 Å². The fourth-order valence-corrected chi connectivity index (χ4v) is 2.63. The highest BCUT2D eigenvalue weighted by molar-refractivity contribution is 7.12. The normalized spacial score (nSPS) is 16.3. The van der Waals surface area contributed by atoms with E-state index in [1.165, 1.54) is 11.3 Å². The summed E-state index contributed by atoms with van der Waals surface area (Å²) in [6.45, 7) is 0.481. The largest absolute Gasteiger partial charge is 0.352 e. The SMILES string of the molecule is NCC(NC(=O)CCC(=O)c1cccs1)C1CC1. The number of nitrogens with two attached hydrogens (primary N) is 1. The highest BCUT2D eigenvalue weighted by atomic mass is 32.1. The van der Waals surface area contributed by atoms with Crippen LogP contribution in [0.15, 0.2) is 17.5 Å². The molecule has 0 radical (unpaired) electrons. The first-order chi connectivity index (χ1) is 8.70. The number of Topliss-reactive ketones (excluding diaryl/α,β-unsaturated/α-hetero) is 1. The summed E-state index contributed by atoms with van der Waals surface area (Å²) in [5.74, 6) is 0.519. The zero-order chi connectivity index (χ0) is 13.0. The molecule has 5 heteroatoms. The van der Waals surface area contributed by atoms with Crippen molar-refractivity contribution < 1.29 is 9.59 Å². The highest BCUT2D eigenvalue weighted by Crippen LogP contribution is 2.32. The van der Waals surface area contributed by atoms with Crippen LogP contribution in [0.25, 0.3) is 0 Å². The number of carbonyl (C=O) groups excluding carboxylic acids is 2. The molecular formula is C13H18N2O2S. The lowest BCUT2D eigenvalue weighted by Crippen LogP contribution is -2.41. The molecular weight excluding hydrogens is 248 g/mol. The summed E-state index contributed by atoms with van der Waals surface area (Å²) in [5, 5.41) is 4.78. The number of carbonyl (C=O) groups is 2. The first kappa shape index (κ1) is 13.2. The third kappa shape index (κ3) is 3.65. The van der Waals surface area contributed by atoms with Crippen molar-refractivity contribution in [3.63, 3.8) is 0 Å². The van der Waals surface area contributed by atoms with Crippen LogP contribution < -0.4 is 11.1 Å². The van der Waals surface area contributed by atoms with Crippen LogP contribution in [0.4, 0.5) is 0 Å². The topological polar surface area (TPSA) is 72.2 Å². The van der Waals surface area contributed by atoms with Crippen LogP contribution in [0.5, 0.6) is 0 Å². The molecule has 2 rings (SSSR count). The van der Waals surface area contributed by atoms with Crippen LogP contribution in [0.3, 0.4) is 0 Å². The molecule has 1 atom stereocenters. The summed E-state index contributed by atoms with van der Waals surface area (Å²) in [4.78, 5) is 24.1. The maximum Gasteiger partial charge on any atom is 0.220 e. The summed E-state index contributed by atoms with van der Waals surface area (Å²) in [5.41, 5.74) is 5.62. The average molecular weight is 266 g/mol. The van der Waals surface area contributed by atoms with Gasteiger partial charge in [0.15, 0.2) is 5.78 Å². The number of amides is 1. The van der Waals surface area contributed by atoms with E-state index in [0.717, 1.165) is 17.7 Å². The zero-order valence-corrected chi connectivity index (χ0v) is 11.0. The molecule has 1 aromatic heterocycles. The van der Waals surface area contributed by atoms with Gasteiger partial charge < -0.3 is 11.1 Å². The average Bonchev–Trinajstić information content (AvgIpc) is 3.07. The van der Waals surface area contributed by atoms with Gasteiger partial charge in [0, 0.05) is 25.4 Å². The molecule has 0 spiro atoms. The van der Waals surface area contributed by atoms with Crippen molar-refractivity contribution in [3.05, 3.63) is 22.4 Å². The predicted molar refractivity (Wildman–Crippen MR) is 71.6 cm³/mol. The van der Waals surface area contributed by atoms with Gasteiger partial charge in [0.25, 0.3) is 0 Å². The summed E-state index contributed by atoms with van der Waals surface area (Å²) >= 11 is 1.41. The van der Waals surface area contributed by atoms with Crippen LogP contribution in [-0.4, -0.2) is 24.3 Å². The molecule has 0 aliphatic heterocycles. The molecule has 98 valence electrons. The third-order valence-electron chi connectivity index (χ3n) is 3.17. The first-order valence-corrected chi connectivity index (χ1v) is 7.15. The Bertz CT molecular complexity index is 413. The molecule has 0 saturated heterocycles. The number of hydrogen-bond donors (Lipinski definition) is 2. The zero-order valence-electron chi connectivity index (χ0n) is 10.2. The highest BCUT2D eigenvalue weighted by Gasteiger charge is 2.31. The molecule has 4 nitrogen and oxygen atoms in total. The van der Waals surface area contributed by atoms with Crippen molar-refractivity contribution in [1.82, 2.24) is 5.32 Å². The van der Waals surface area contributed by atoms with Gasteiger partial charge in [-0.05, 0) is 30.2 Å². The van der Waals surface area contributed by atoms with Gasteiger partial charge in [-0.2, -0.15) is 0 Å². The number of thiophene rings is 1. The Kier molecular flexibility index (Phi) is 4.49. The maximum absolute atomic E-state index is 11.7. The fraction of sp³-hybridized carbons (Fsp3) is 0.538. The molecule has 0 aromatic carbocycles. The molecule has 18 heavy (non-hydrogen) atoms. The van der Waals surface area contributed by atoms with Crippen molar-refractivity contribution in [1.29, 1.82) is 0 Å². The quantitative estimate of drug-likeness (QED) is 0.736. The molecule has 1 unspecified atom stereocenters. The monoisotopic (exact) mass is 266 g/mol. The van der Waals surface area contributed by atoms with Crippen LogP contribution in [0.1, 0.15) is 35.4 Å². The van der Waals surface area contributed by atoms with Gasteiger partial charge in [-0.25, -0.2) is 0 Å². The van der Waals surface area contributed by atoms with Gasteiger partial charge in [-0.3, -0.25) is 9.59 Å². The Morgan fingerprint density at radius 2 is 2.22 bits per heavy atom. The van der Waals surface area contributed by atoms with Gasteiger partial charge in [-0.1, -0.05) is 6.07 Å². The van der Waals surface area contributed by atoms with Crippen molar-refractivity contribution in [2.45, 2.75) is 31.7 Å². The Morgan fingerprint density at radius 3 is 2.78 bits per heavy atom. The van der Waals surface area contributed by atoms with Gasteiger partial charge in [0.1, 0.15) is 0 Å². The Balaban J connectivity index is 1.72. The third-order valence-corrected chi connectivity index (χ3v) is 4.08. The Labute approximate surface area is 111 Å². The van der Waals surface area contributed by atoms with Crippen molar-refractivity contribution in [3.8, 4) is 0 Å². The van der Waals surface area contributed by atoms with Crippen LogP contribution in [0.2, 0.25) is 0 Å². The molecule has 1 saturated carbocycles. The van der Waals surface area contributed by atoms with Crippen LogP contribution in [0, 0.1) is 5.92 Å². The molecule has 1 fully saturated rings. The van der Waals surface area contributed by atoms with E-state index in [-0.39, 0.29) is 30.6 Å². The summed E-state index contributed by atoms with van der Waals surface area (Å²) in [6, 6.07) is 3.72. The smallest absolute Gasteiger partial charge is 0.220 e. The molecule has 1 heterocycles. The number of ketones is 1. The first-order valence-electron chi connectivity index (χ1n) is 6.27. The predicted octanol–water partition coefficient (Wildman–Crippen LogP) is 1.56. The van der Waals surface area contributed by atoms with E-state index in [2.05, 4.69) is 5.32 Å². The number of nitrogens with one attached hydrogen (secondary N) is 1. The van der Waals surface area contributed by atoms with Gasteiger partial charge in [-0.15, -0.1) is 11.3 Å². The number of rotatable bonds is 7. The van der Waals surface area contributed by atoms with E-state index in [0.29, 0.717) is 12.5 Å². The second-order valence-corrected chi connectivity index (χ2v) is 5.60. The number of hydrogen-bond acceptors (Lipinski definition) is 4. The van der Waals surface area contributed by atoms with E-state index >= 15 is 0 Å². The summed E-state index contributed by atoms with van der Waals surface area (Å²) < 4.78 is 0. The lowest BCUT2D eigenvalue weighted by Gasteiger charge is -2.15. The van der Waals surface area contributed by atoms with E-state index in [4.69, 9.17) is 5.73 Å². The van der Waals surface area contributed by atoms with Crippen LogP contribution in [-0.2, 0) is 4.79 Å². The Hall–Kier alpha value is -1.20. The van der Waals surface area contributed by atoms with E-state index in [9.17, 15) is 9.59 Å². The second-order valence-electron chi connectivity index (χ2n) is 4.65. The lowest BCUT2D eigenvalue weighted by atomic mass is 10.1. The minimum Gasteiger partial charge on any atom is -0.352 e. The van der Waals surface area contributed by atoms with Gasteiger partial charge in [0.2, 0.25) is 5.91 Å². The van der Waals surface area contributed by atoms with Crippen molar-refractivity contribution in [2.24, 2.45) is 11.7 Å². The molecule has 3 N–H and O–H groups in total. The van der Waals surface area contributed by atoms with Crippen molar-refractivity contribution in [2.75, 3.05) is 6.54 Å². The van der Waals surface area contributed by atoms with E-state index in [1.54, 1.807) is 6.07 Å². The molecule has 1 amide bonds. The van der Waals surface area contributed by atoms with Crippen LogP contribution >= 0.6 is 11.3 Å². The van der Waals surface area contributed by atoms with Gasteiger partial charge >= 0.3 is 0 Å². The standard InChI is InChI=1S/C13H18N2O2S/c14-8-10(9-3-4-9)15-13(17)6-5-11(16)12-2-1-7-18-12/h1-2,7,9-10H,3-6,8,14H2,(H,15,17). The minimum atomic E-state index is -0.0674. The summed E-state index contributed by atoms with van der Waals surface area (Å²) in [6.07, 6.45) is 2.82. The summed E-state index contributed by atoms with van der Waals surface area (Å²) in [7, 11) is 0. The Morgan fingerprint density at radius 1 is 1.44 bits per heavy atom. The molecule has 1 aliphatic rings. The van der Waals surface area contributed by atoms with E-state index < -0.39 is 0 Å². The van der Waals surface area contributed by atoms with E-state index in [1.807, 2.05) is 11.4 Å². The molecule has 1 aliphatic carbocycles. The second kappa shape index (κ2) is 6.11. The fourth-order valence-electron chi connectivity index (χ4n) is 1.93. The minimum absolute atomic E-state index is 0.0378. The van der Waals surface area contributed by atoms with Crippen molar-refractivity contribution >= 4 is 23.0 Å². The lowest BCUT2D eigenvalue weighted by molar-refractivity contribution is -0.121. The maximum atomic E-state index is 11.7. The molecule has 1 aromatic rings. The molecule has 0 bridgehead atoms.